The molecule has 0 saturated carbocycles. The van der Waals surface area contributed by atoms with E-state index in [1.165, 1.54) is 6.20 Å². The lowest BCUT2D eigenvalue weighted by atomic mass is 9.99. The van der Waals surface area contributed by atoms with Crippen molar-refractivity contribution in [2.45, 2.75) is 45.2 Å². The van der Waals surface area contributed by atoms with Crippen molar-refractivity contribution in [3.05, 3.63) is 94.2 Å². The maximum Gasteiger partial charge on any atom is 0.262 e. The van der Waals surface area contributed by atoms with Gasteiger partial charge in [-0.25, -0.2) is 4.98 Å². The van der Waals surface area contributed by atoms with Crippen LogP contribution in [0.15, 0.2) is 77.0 Å². The van der Waals surface area contributed by atoms with Gasteiger partial charge in [-0.2, -0.15) is 0 Å². The zero-order valence-electron chi connectivity index (χ0n) is 27.0. The average molecular weight is 649 g/mol. The molecule has 4 aromatic rings. The van der Waals surface area contributed by atoms with Crippen LogP contribution in [0, 0.1) is 12.8 Å². The summed E-state index contributed by atoms with van der Waals surface area (Å²) in [4.78, 5) is 36.3. The number of nitrogens with zero attached hydrogens (tertiary/aromatic N) is 5. The Bertz CT molecular complexity index is 1860. The standard InChI is InChI=1S/C36H40N8O4/c1-23-2-4-25(5-3-23)30-21-44(20-24-8-12-47-13-9-24)22-31(34(30)45)36(46)41-33-7-6-32(42-43-33)29-16-26(18-40-35(29)38)27(17-37)19-39-28-10-14-48-15-11-28/h2-7,16-19,21-22,24,28H,8-15,20,37H2,1H3,(H2,38,40)(H,41,43,46). The minimum Gasteiger partial charge on any atom is -0.404 e. The molecule has 1 amide bonds. The Labute approximate surface area is 278 Å². The molecule has 12 heteroatoms. The molecular weight excluding hydrogens is 608 g/mol. The Balaban J connectivity index is 1.22. The maximum absolute atomic E-state index is 13.7. The molecule has 5 heterocycles. The predicted octanol–water partition coefficient (Wildman–Crippen LogP) is 4.49. The van der Waals surface area contributed by atoms with Crippen LogP contribution in [-0.2, 0) is 16.0 Å². The van der Waals surface area contributed by atoms with Crippen LogP contribution >= 0.6 is 0 Å². The highest BCUT2D eigenvalue weighted by molar-refractivity contribution is 6.10. The number of allylic oxidation sites excluding steroid dienone is 1. The minimum absolute atomic E-state index is 0.0238. The summed E-state index contributed by atoms with van der Waals surface area (Å²) < 4.78 is 12.9. The van der Waals surface area contributed by atoms with Crippen molar-refractivity contribution in [3.8, 4) is 22.4 Å². The second-order valence-electron chi connectivity index (χ2n) is 12.2. The molecule has 1 aromatic carbocycles. The summed E-state index contributed by atoms with van der Waals surface area (Å²) in [6, 6.07) is 13.0. The second kappa shape index (κ2) is 15.1. The minimum atomic E-state index is -0.568. The van der Waals surface area contributed by atoms with Gasteiger partial charge in [0.1, 0.15) is 11.4 Å². The highest BCUT2D eigenvalue weighted by Crippen LogP contribution is 2.27. The van der Waals surface area contributed by atoms with Crippen LogP contribution < -0.4 is 22.2 Å². The molecule has 0 bridgehead atoms. The fraction of sp³-hybridized carbons (Fsp3) is 0.333. The van der Waals surface area contributed by atoms with E-state index in [0.29, 0.717) is 61.3 Å². The van der Waals surface area contributed by atoms with Crippen molar-refractivity contribution in [3.63, 3.8) is 0 Å². The second-order valence-corrected chi connectivity index (χ2v) is 12.2. The highest BCUT2D eigenvalue weighted by atomic mass is 16.5. The SMILES string of the molecule is Cc1ccc(-c2cn(CC3CCOCC3)cc(C(=O)Nc3ccc(-c4cc(C(C=NC5CCOCC5)=CN)cnc4N)nn3)c2=O)cc1. The van der Waals surface area contributed by atoms with E-state index in [4.69, 9.17) is 20.9 Å². The van der Waals surface area contributed by atoms with E-state index in [9.17, 15) is 9.59 Å². The number of rotatable bonds is 9. The molecule has 5 N–H and O–H groups in total. The highest BCUT2D eigenvalue weighted by Gasteiger charge is 2.20. The molecule has 0 spiro atoms. The number of carbonyl (C=O) groups excluding carboxylic acids is 1. The van der Waals surface area contributed by atoms with Crippen molar-refractivity contribution in [1.82, 2.24) is 19.7 Å². The zero-order valence-corrected chi connectivity index (χ0v) is 27.0. The fourth-order valence-corrected chi connectivity index (χ4v) is 5.86. The molecule has 6 rings (SSSR count). The number of nitrogens with one attached hydrogen (secondary N) is 1. The molecule has 2 fully saturated rings. The normalized spacial score (nSPS) is 16.3. The molecule has 3 aromatic heterocycles. The van der Waals surface area contributed by atoms with E-state index in [1.54, 1.807) is 30.7 Å². The number of benzene rings is 1. The molecule has 248 valence electrons. The van der Waals surface area contributed by atoms with Gasteiger partial charge < -0.3 is 30.8 Å². The molecule has 0 atom stereocenters. The summed E-state index contributed by atoms with van der Waals surface area (Å²) in [6.07, 6.45) is 11.9. The van der Waals surface area contributed by atoms with E-state index >= 15 is 0 Å². The molecule has 48 heavy (non-hydrogen) atoms. The number of carbonyl (C=O) groups is 1. The fourth-order valence-electron chi connectivity index (χ4n) is 5.86. The van der Waals surface area contributed by atoms with Crippen LogP contribution in [0.4, 0.5) is 11.6 Å². The largest absolute Gasteiger partial charge is 0.404 e. The number of aliphatic imine (C=N–C) groups is 1. The monoisotopic (exact) mass is 648 g/mol. The number of aromatic nitrogens is 4. The number of amides is 1. The summed E-state index contributed by atoms with van der Waals surface area (Å²) in [7, 11) is 0. The topological polar surface area (TPSA) is 173 Å². The van der Waals surface area contributed by atoms with Crippen molar-refractivity contribution in [1.29, 1.82) is 0 Å². The van der Waals surface area contributed by atoms with Gasteiger partial charge in [0.25, 0.3) is 5.91 Å². The van der Waals surface area contributed by atoms with Gasteiger partial charge in [0.15, 0.2) is 5.82 Å². The van der Waals surface area contributed by atoms with E-state index in [-0.39, 0.29) is 28.7 Å². The molecular formula is C36H40N8O4. The summed E-state index contributed by atoms with van der Waals surface area (Å²) >= 11 is 0. The first kappa shape index (κ1) is 32.7. The number of nitrogen functional groups attached to an aromatic ring is 1. The number of hydrogen-bond donors (Lipinski definition) is 3. The third-order valence-corrected chi connectivity index (χ3v) is 8.72. The number of nitrogens with two attached hydrogens (primary N) is 2. The van der Waals surface area contributed by atoms with Crippen molar-refractivity contribution < 1.29 is 14.3 Å². The summed E-state index contributed by atoms with van der Waals surface area (Å²) in [5.41, 5.74) is 16.6. The smallest absolute Gasteiger partial charge is 0.262 e. The van der Waals surface area contributed by atoms with Crippen LogP contribution in [0.25, 0.3) is 28.0 Å². The van der Waals surface area contributed by atoms with Crippen LogP contribution in [-0.4, -0.2) is 64.3 Å². The lowest BCUT2D eigenvalue weighted by Gasteiger charge is -2.23. The Morgan fingerprint density at radius 1 is 1.00 bits per heavy atom. The maximum atomic E-state index is 13.7. The molecule has 0 radical (unpaired) electrons. The third-order valence-electron chi connectivity index (χ3n) is 8.72. The number of aryl methyl sites for hydroxylation is 1. The van der Waals surface area contributed by atoms with E-state index in [0.717, 1.165) is 42.4 Å². The first-order chi connectivity index (χ1) is 23.4. The van der Waals surface area contributed by atoms with Crippen LogP contribution in [0.2, 0.25) is 0 Å². The molecule has 2 saturated heterocycles. The Hall–Kier alpha value is -5.20. The third kappa shape index (κ3) is 7.84. The van der Waals surface area contributed by atoms with Crippen molar-refractivity contribution in [2.75, 3.05) is 37.5 Å². The summed E-state index contributed by atoms with van der Waals surface area (Å²) in [5, 5.41) is 11.3. The van der Waals surface area contributed by atoms with Gasteiger partial charge in [-0.15, -0.1) is 10.2 Å². The van der Waals surface area contributed by atoms with E-state index in [1.807, 2.05) is 48.0 Å². The number of hydrogen-bond acceptors (Lipinski definition) is 10. The summed E-state index contributed by atoms with van der Waals surface area (Å²) in [6.45, 7) is 5.47. The molecule has 12 nitrogen and oxygen atoms in total. The van der Waals surface area contributed by atoms with E-state index < -0.39 is 5.91 Å². The first-order valence-electron chi connectivity index (χ1n) is 16.2. The Morgan fingerprint density at radius 2 is 1.73 bits per heavy atom. The summed E-state index contributed by atoms with van der Waals surface area (Å²) in [5.74, 6) is 0.272. The molecule has 0 unspecified atom stereocenters. The van der Waals surface area contributed by atoms with Gasteiger partial charge in [-0.3, -0.25) is 14.6 Å². The molecule has 0 aliphatic carbocycles. The van der Waals surface area contributed by atoms with Crippen LogP contribution in [0.5, 0.6) is 0 Å². The number of pyridine rings is 2. The van der Waals surface area contributed by atoms with Gasteiger partial charge in [0, 0.05) is 86.2 Å². The average Bonchev–Trinajstić information content (AvgIpc) is 3.11. The van der Waals surface area contributed by atoms with Gasteiger partial charge in [0.2, 0.25) is 5.43 Å². The van der Waals surface area contributed by atoms with Gasteiger partial charge >= 0.3 is 0 Å². The quantitative estimate of drug-likeness (QED) is 0.221. The zero-order chi connectivity index (χ0) is 33.5. The van der Waals surface area contributed by atoms with Crippen LogP contribution in [0.1, 0.15) is 47.2 Å². The number of anilines is 2. The van der Waals surface area contributed by atoms with Crippen molar-refractivity contribution >= 4 is 29.3 Å². The predicted molar refractivity (Wildman–Crippen MR) is 187 cm³/mol. The van der Waals surface area contributed by atoms with Gasteiger partial charge in [0.05, 0.1) is 11.7 Å². The molecule has 2 aliphatic heterocycles. The lowest BCUT2D eigenvalue weighted by molar-refractivity contribution is 0.0612. The van der Waals surface area contributed by atoms with Crippen LogP contribution in [0.3, 0.4) is 0 Å². The van der Waals surface area contributed by atoms with Gasteiger partial charge in [-0.05, 0) is 62.3 Å². The number of ether oxygens (including phenoxy) is 2. The Kier molecular flexibility index (Phi) is 10.3. The van der Waals surface area contributed by atoms with Gasteiger partial charge in [-0.1, -0.05) is 29.8 Å². The first-order valence-corrected chi connectivity index (χ1v) is 16.2. The van der Waals surface area contributed by atoms with E-state index in [2.05, 4.69) is 25.5 Å². The Morgan fingerprint density at radius 3 is 2.42 bits per heavy atom. The lowest BCUT2D eigenvalue weighted by Crippen LogP contribution is -2.27. The van der Waals surface area contributed by atoms with Crippen molar-refractivity contribution in [2.24, 2.45) is 16.6 Å². The molecule has 2 aliphatic rings.